The second-order valence-corrected chi connectivity index (χ2v) is 5.77. The number of hydrogen-bond donors (Lipinski definition) is 1. The molecule has 1 unspecified atom stereocenters. The van der Waals surface area contributed by atoms with Crippen LogP contribution in [0.5, 0.6) is 17.2 Å². The smallest absolute Gasteiger partial charge is 0.244 e. The van der Waals surface area contributed by atoms with Gasteiger partial charge in [-0.1, -0.05) is 12.1 Å². The summed E-state index contributed by atoms with van der Waals surface area (Å²) in [4.78, 5) is 14.0. The van der Waals surface area contributed by atoms with E-state index in [1.807, 2.05) is 19.9 Å². The van der Waals surface area contributed by atoms with E-state index >= 15 is 0 Å². The molecule has 2 rings (SSSR count). The van der Waals surface area contributed by atoms with Crippen molar-refractivity contribution in [3.8, 4) is 17.2 Å². The average Bonchev–Trinajstić information content (AvgIpc) is 2.65. The number of anilines is 1. The van der Waals surface area contributed by atoms with E-state index in [9.17, 15) is 9.18 Å². The van der Waals surface area contributed by atoms with Gasteiger partial charge in [0, 0.05) is 24.8 Å². The molecule has 0 radical (unpaired) electrons. The molecule has 0 fully saturated rings. The number of methoxy groups -OCH3 is 1. The molecule has 1 atom stereocenters. The number of hydrogen-bond acceptors (Lipinski definition) is 4. The van der Waals surface area contributed by atoms with Crippen molar-refractivity contribution >= 4 is 11.6 Å². The van der Waals surface area contributed by atoms with Gasteiger partial charge in [-0.15, -0.1) is 0 Å². The Morgan fingerprint density at radius 1 is 1.12 bits per heavy atom. The normalized spacial score (nSPS) is 11.6. The van der Waals surface area contributed by atoms with Gasteiger partial charge in [0.25, 0.3) is 0 Å². The van der Waals surface area contributed by atoms with Crippen molar-refractivity contribution in [1.82, 2.24) is 4.90 Å². The largest absolute Gasteiger partial charge is 0.493 e. The zero-order chi connectivity index (χ0) is 19.1. The summed E-state index contributed by atoms with van der Waals surface area (Å²) >= 11 is 0. The molecule has 0 saturated carbocycles. The molecule has 1 amide bonds. The van der Waals surface area contributed by atoms with E-state index in [0.29, 0.717) is 30.3 Å². The summed E-state index contributed by atoms with van der Waals surface area (Å²) in [5, 5.41) is 3.03. The van der Waals surface area contributed by atoms with Crippen LogP contribution >= 0.6 is 0 Å². The molecule has 5 nitrogen and oxygen atoms in total. The van der Waals surface area contributed by atoms with Gasteiger partial charge in [-0.25, -0.2) is 4.39 Å². The molecule has 0 bridgehead atoms. The molecule has 26 heavy (non-hydrogen) atoms. The van der Waals surface area contributed by atoms with E-state index in [4.69, 9.17) is 9.47 Å². The van der Waals surface area contributed by atoms with Crippen LogP contribution in [0.2, 0.25) is 0 Å². The van der Waals surface area contributed by atoms with Crippen molar-refractivity contribution in [3.05, 3.63) is 48.3 Å². The first kappa shape index (κ1) is 19.6. The zero-order valence-electron chi connectivity index (χ0n) is 15.6. The van der Waals surface area contributed by atoms with Gasteiger partial charge in [0.05, 0.1) is 7.11 Å². The number of para-hydroxylation sites is 2. The summed E-state index contributed by atoms with van der Waals surface area (Å²) in [5.41, 5.74) is 0.517. The summed E-state index contributed by atoms with van der Waals surface area (Å²) < 4.78 is 25.2. The Morgan fingerprint density at radius 2 is 1.77 bits per heavy atom. The number of likely N-dealkylation sites (N-methyl/N-ethyl adjacent to an activating group) is 1. The number of ether oxygens (including phenoxy) is 2. The summed E-state index contributed by atoms with van der Waals surface area (Å²) in [7, 11) is 1.53. The first-order valence-corrected chi connectivity index (χ1v) is 8.65. The van der Waals surface area contributed by atoms with Gasteiger partial charge >= 0.3 is 0 Å². The van der Waals surface area contributed by atoms with Crippen molar-refractivity contribution in [3.63, 3.8) is 0 Å². The molecule has 0 heterocycles. The first-order chi connectivity index (χ1) is 12.5. The zero-order valence-corrected chi connectivity index (χ0v) is 15.6. The number of carbonyl (C=O) groups excluding carboxylic acids is 1. The third-order valence-electron chi connectivity index (χ3n) is 4.05. The molecule has 2 aromatic carbocycles. The Balaban J connectivity index is 2.10. The molecular formula is C20H25FN2O3. The maximum atomic E-state index is 14.4. The molecule has 0 aliphatic carbocycles. The number of benzene rings is 2. The predicted octanol–water partition coefficient (Wildman–Crippen LogP) is 4.30. The number of nitrogens with one attached hydrogen (secondary N) is 1. The summed E-state index contributed by atoms with van der Waals surface area (Å²) in [6.45, 7) is 6.90. The first-order valence-electron chi connectivity index (χ1n) is 8.65. The third kappa shape index (κ3) is 4.65. The van der Waals surface area contributed by atoms with Crippen LogP contribution in [0.25, 0.3) is 0 Å². The third-order valence-corrected chi connectivity index (χ3v) is 4.05. The van der Waals surface area contributed by atoms with Gasteiger partial charge in [0.2, 0.25) is 5.91 Å². The second kappa shape index (κ2) is 9.08. The van der Waals surface area contributed by atoms with Crippen LogP contribution in [0, 0.1) is 5.82 Å². The topological polar surface area (TPSA) is 50.8 Å². The number of amides is 1. The van der Waals surface area contributed by atoms with Crippen LogP contribution in [0.3, 0.4) is 0 Å². The fourth-order valence-electron chi connectivity index (χ4n) is 2.62. The van der Waals surface area contributed by atoms with Gasteiger partial charge in [0.1, 0.15) is 6.04 Å². The molecule has 140 valence electrons. The van der Waals surface area contributed by atoms with E-state index in [1.165, 1.54) is 19.2 Å². The molecule has 1 N–H and O–H groups in total. The van der Waals surface area contributed by atoms with Crippen LogP contribution in [0.15, 0.2) is 42.5 Å². The van der Waals surface area contributed by atoms with Gasteiger partial charge in [-0.05, 0) is 45.0 Å². The summed E-state index contributed by atoms with van der Waals surface area (Å²) in [6, 6.07) is 11.1. The minimum absolute atomic E-state index is 0.0234. The van der Waals surface area contributed by atoms with Crippen molar-refractivity contribution in [2.75, 3.05) is 25.5 Å². The quantitative estimate of drug-likeness (QED) is 0.763. The summed E-state index contributed by atoms with van der Waals surface area (Å²) in [6.07, 6.45) is 0. The van der Waals surface area contributed by atoms with E-state index < -0.39 is 11.9 Å². The molecule has 0 aliphatic rings. The highest BCUT2D eigenvalue weighted by Crippen LogP contribution is 2.33. The Labute approximate surface area is 153 Å². The SMILES string of the molecule is CCN(CC)C(=O)C(C)Nc1ccc(Oc2ccccc2OC)c(F)c1. The van der Waals surface area contributed by atoms with Crippen molar-refractivity contribution in [2.45, 2.75) is 26.8 Å². The molecule has 0 aromatic heterocycles. The molecule has 0 aliphatic heterocycles. The van der Waals surface area contributed by atoms with E-state index in [2.05, 4.69) is 5.32 Å². The Hall–Kier alpha value is -2.76. The fourth-order valence-corrected chi connectivity index (χ4v) is 2.62. The van der Waals surface area contributed by atoms with E-state index in [-0.39, 0.29) is 11.7 Å². The number of halogens is 1. The second-order valence-electron chi connectivity index (χ2n) is 5.77. The molecular weight excluding hydrogens is 335 g/mol. The molecule has 0 saturated heterocycles. The lowest BCUT2D eigenvalue weighted by molar-refractivity contribution is -0.131. The van der Waals surface area contributed by atoms with Crippen LogP contribution in [-0.4, -0.2) is 37.0 Å². The Bertz CT molecular complexity index is 748. The van der Waals surface area contributed by atoms with Crippen LogP contribution < -0.4 is 14.8 Å². The number of nitrogens with zero attached hydrogens (tertiary/aromatic N) is 1. The van der Waals surface area contributed by atoms with Gasteiger partial charge in [-0.3, -0.25) is 4.79 Å². The van der Waals surface area contributed by atoms with Crippen LogP contribution in [0.4, 0.5) is 10.1 Å². The maximum absolute atomic E-state index is 14.4. The monoisotopic (exact) mass is 360 g/mol. The van der Waals surface area contributed by atoms with Gasteiger partial charge in [0.15, 0.2) is 23.1 Å². The lowest BCUT2D eigenvalue weighted by Crippen LogP contribution is -2.41. The minimum atomic E-state index is -0.525. The van der Waals surface area contributed by atoms with Crippen LogP contribution in [-0.2, 0) is 4.79 Å². The Morgan fingerprint density at radius 3 is 2.35 bits per heavy atom. The van der Waals surface area contributed by atoms with E-state index in [0.717, 1.165) is 0 Å². The minimum Gasteiger partial charge on any atom is -0.493 e. The van der Waals surface area contributed by atoms with Crippen molar-refractivity contribution in [1.29, 1.82) is 0 Å². The standard InChI is InChI=1S/C20H25FN2O3/c1-5-23(6-2)20(24)14(3)22-15-11-12-17(16(21)13-15)26-19-10-8-7-9-18(19)25-4/h7-14,22H,5-6H2,1-4H3. The predicted molar refractivity (Wildman–Crippen MR) is 100 cm³/mol. The van der Waals surface area contributed by atoms with Crippen LogP contribution in [0.1, 0.15) is 20.8 Å². The highest BCUT2D eigenvalue weighted by molar-refractivity contribution is 5.84. The highest BCUT2D eigenvalue weighted by atomic mass is 19.1. The van der Waals surface area contributed by atoms with Crippen molar-refractivity contribution < 1.29 is 18.7 Å². The highest BCUT2D eigenvalue weighted by Gasteiger charge is 2.18. The van der Waals surface area contributed by atoms with E-state index in [1.54, 1.807) is 36.1 Å². The van der Waals surface area contributed by atoms with Crippen molar-refractivity contribution in [2.24, 2.45) is 0 Å². The number of carbonyl (C=O) groups is 1. The molecule has 0 spiro atoms. The Kier molecular flexibility index (Phi) is 6.83. The van der Waals surface area contributed by atoms with Gasteiger partial charge in [-0.2, -0.15) is 0 Å². The maximum Gasteiger partial charge on any atom is 0.244 e. The fraction of sp³-hybridized carbons (Fsp3) is 0.350. The van der Waals surface area contributed by atoms with Gasteiger partial charge < -0.3 is 19.7 Å². The lowest BCUT2D eigenvalue weighted by Gasteiger charge is -2.24. The number of rotatable bonds is 8. The molecule has 2 aromatic rings. The lowest BCUT2D eigenvalue weighted by atomic mass is 10.2. The summed E-state index contributed by atoms with van der Waals surface area (Å²) in [5.74, 6) is 0.489. The average molecular weight is 360 g/mol. The molecule has 6 heteroatoms.